The predicted octanol–water partition coefficient (Wildman–Crippen LogP) is 2.83. The molecule has 4 nitrogen and oxygen atoms in total. The van der Waals surface area contributed by atoms with Crippen LogP contribution in [0.4, 0.5) is 5.69 Å². The Kier molecular flexibility index (Phi) is 3.23. The Morgan fingerprint density at radius 2 is 2.33 bits per heavy atom. The van der Waals surface area contributed by atoms with Gasteiger partial charge in [-0.05, 0) is 22.0 Å². The minimum Gasteiger partial charge on any atom is -0.377 e. The summed E-state index contributed by atoms with van der Waals surface area (Å²) in [6.45, 7) is 0.637. The van der Waals surface area contributed by atoms with Crippen molar-refractivity contribution >= 4 is 33.2 Å². The van der Waals surface area contributed by atoms with Gasteiger partial charge in [0.15, 0.2) is 5.15 Å². The van der Waals surface area contributed by atoms with Gasteiger partial charge in [0.25, 0.3) is 0 Å². The van der Waals surface area contributed by atoms with Crippen LogP contribution in [0.15, 0.2) is 29.3 Å². The van der Waals surface area contributed by atoms with Crippen LogP contribution in [-0.2, 0) is 6.54 Å². The summed E-state index contributed by atoms with van der Waals surface area (Å²) in [5.41, 5.74) is 1.78. The monoisotopic (exact) mass is 286 g/mol. The zero-order valence-electron chi connectivity index (χ0n) is 7.67. The van der Waals surface area contributed by atoms with Gasteiger partial charge in [-0.25, -0.2) is 9.97 Å². The molecule has 0 aliphatic carbocycles. The average molecular weight is 288 g/mol. The highest BCUT2D eigenvalue weighted by molar-refractivity contribution is 9.10. The molecule has 6 heteroatoms. The van der Waals surface area contributed by atoms with Gasteiger partial charge in [-0.2, -0.15) is 0 Å². The number of H-pyrrole nitrogens is 1. The largest absolute Gasteiger partial charge is 0.377 e. The highest BCUT2D eigenvalue weighted by Gasteiger charge is 2.02. The normalized spacial score (nSPS) is 10.3. The molecule has 2 heterocycles. The van der Waals surface area contributed by atoms with Gasteiger partial charge in [0.05, 0.1) is 24.3 Å². The van der Waals surface area contributed by atoms with Gasteiger partial charge < -0.3 is 10.3 Å². The highest BCUT2D eigenvalue weighted by Crippen LogP contribution is 2.23. The van der Waals surface area contributed by atoms with Gasteiger partial charge in [0.2, 0.25) is 0 Å². The number of hydrogen-bond donors (Lipinski definition) is 2. The summed E-state index contributed by atoms with van der Waals surface area (Å²) in [6.07, 6.45) is 5.05. The number of nitrogens with one attached hydrogen (secondary N) is 2. The number of rotatable bonds is 3. The van der Waals surface area contributed by atoms with Crippen molar-refractivity contribution < 1.29 is 0 Å². The second kappa shape index (κ2) is 4.63. The van der Waals surface area contributed by atoms with E-state index in [1.165, 1.54) is 0 Å². The standard InChI is InChI=1S/C9H8BrClN4/c10-6-1-8(9(11)14-2-6)13-4-7-3-12-5-15-7/h1-3,5,13H,4H2,(H,12,15). The van der Waals surface area contributed by atoms with Crippen LogP contribution < -0.4 is 5.32 Å². The topological polar surface area (TPSA) is 53.6 Å². The van der Waals surface area contributed by atoms with E-state index in [1.807, 2.05) is 6.07 Å². The lowest BCUT2D eigenvalue weighted by Gasteiger charge is -2.06. The first-order valence-electron chi connectivity index (χ1n) is 4.28. The van der Waals surface area contributed by atoms with Crippen LogP contribution in [0, 0.1) is 0 Å². The molecule has 0 bridgehead atoms. The minimum atomic E-state index is 0.456. The number of nitrogens with zero attached hydrogens (tertiary/aromatic N) is 2. The van der Waals surface area contributed by atoms with Gasteiger partial charge in [-0.1, -0.05) is 11.6 Å². The zero-order valence-corrected chi connectivity index (χ0v) is 10.0. The molecule has 15 heavy (non-hydrogen) atoms. The van der Waals surface area contributed by atoms with Crippen molar-refractivity contribution in [1.82, 2.24) is 15.0 Å². The summed E-state index contributed by atoms with van der Waals surface area (Å²) >= 11 is 9.25. The van der Waals surface area contributed by atoms with Crippen LogP contribution in [0.5, 0.6) is 0 Å². The number of pyridine rings is 1. The van der Waals surface area contributed by atoms with E-state index in [-0.39, 0.29) is 0 Å². The fourth-order valence-corrected chi connectivity index (χ4v) is 1.62. The predicted molar refractivity (Wildman–Crippen MR) is 62.9 cm³/mol. The first kappa shape index (κ1) is 10.4. The second-order valence-electron chi connectivity index (χ2n) is 2.92. The first-order chi connectivity index (χ1) is 7.25. The fraction of sp³-hybridized carbons (Fsp3) is 0.111. The van der Waals surface area contributed by atoms with Crippen molar-refractivity contribution in [3.8, 4) is 0 Å². The molecule has 2 N–H and O–H groups in total. The van der Waals surface area contributed by atoms with Crippen molar-refractivity contribution in [3.05, 3.63) is 40.1 Å². The van der Waals surface area contributed by atoms with Gasteiger partial charge in [-0.15, -0.1) is 0 Å². The Labute approximate surface area is 100 Å². The van der Waals surface area contributed by atoms with Crippen LogP contribution in [0.2, 0.25) is 5.15 Å². The van der Waals surface area contributed by atoms with Crippen LogP contribution in [-0.4, -0.2) is 15.0 Å². The third kappa shape index (κ3) is 2.70. The maximum absolute atomic E-state index is 5.92. The van der Waals surface area contributed by atoms with Gasteiger partial charge in [0.1, 0.15) is 0 Å². The second-order valence-corrected chi connectivity index (χ2v) is 4.20. The SMILES string of the molecule is Clc1ncc(Br)cc1NCc1cnc[nH]1. The fourth-order valence-electron chi connectivity index (χ4n) is 1.12. The van der Waals surface area contributed by atoms with E-state index in [1.54, 1.807) is 18.7 Å². The summed E-state index contributed by atoms with van der Waals surface area (Å²) in [5.74, 6) is 0. The summed E-state index contributed by atoms with van der Waals surface area (Å²) < 4.78 is 0.888. The van der Waals surface area contributed by atoms with Crippen molar-refractivity contribution in [2.45, 2.75) is 6.54 Å². The number of anilines is 1. The van der Waals surface area contributed by atoms with E-state index in [2.05, 4.69) is 36.2 Å². The molecule has 2 aromatic heterocycles. The molecule has 0 spiro atoms. The molecule has 0 saturated carbocycles. The minimum absolute atomic E-state index is 0.456. The number of aromatic nitrogens is 3. The molecule has 0 aliphatic heterocycles. The lowest BCUT2D eigenvalue weighted by Crippen LogP contribution is -2.00. The Hall–Kier alpha value is -1.07. The molecule has 0 atom stereocenters. The van der Waals surface area contributed by atoms with Crippen molar-refractivity contribution in [1.29, 1.82) is 0 Å². The molecule has 0 saturated heterocycles. The van der Waals surface area contributed by atoms with Crippen molar-refractivity contribution in [3.63, 3.8) is 0 Å². The summed E-state index contributed by atoms with van der Waals surface area (Å²) in [5, 5.41) is 3.62. The van der Waals surface area contributed by atoms with Gasteiger partial charge >= 0.3 is 0 Å². The molecule has 0 fully saturated rings. The Bertz CT molecular complexity index is 443. The lowest BCUT2D eigenvalue weighted by atomic mass is 10.4. The van der Waals surface area contributed by atoms with Crippen molar-refractivity contribution in [2.24, 2.45) is 0 Å². The molecule has 0 aromatic carbocycles. The number of halogens is 2. The Morgan fingerprint density at radius 1 is 1.47 bits per heavy atom. The number of imidazole rings is 1. The Morgan fingerprint density at radius 3 is 3.07 bits per heavy atom. The third-order valence-electron chi connectivity index (χ3n) is 1.83. The smallest absolute Gasteiger partial charge is 0.152 e. The van der Waals surface area contributed by atoms with Crippen LogP contribution >= 0.6 is 27.5 Å². The molecule has 0 amide bonds. The molecular formula is C9H8BrClN4. The van der Waals surface area contributed by atoms with Gasteiger partial charge in [0, 0.05) is 16.9 Å². The maximum Gasteiger partial charge on any atom is 0.152 e. The number of aromatic amines is 1. The molecule has 78 valence electrons. The van der Waals surface area contributed by atoms with E-state index in [0.717, 1.165) is 15.9 Å². The molecule has 0 unspecified atom stereocenters. The average Bonchev–Trinajstić information content (AvgIpc) is 2.72. The molecule has 0 radical (unpaired) electrons. The lowest BCUT2D eigenvalue weighted by molar-refractivity contribution is 1.07. The van der Waals surface area contributed by atoms with Crippen LogP contribution in [0.25, 0.3) is 0 Å². The van der Waals surface area contributed by atoms with E-state index in [0.29, 0.717) is 11.7 Å². The van der Waals surface area contributed by atoms with Crippen LogP contribution in [0.3, 0.4) is 0 Å². The van der Waals surface area contributed by atoms with E-state index in [9.17, 15) is 0 Å². The van der Waals surface area contributed by atoms with Gasteiger partial charge in [-0.3, -0.25) is 0 Å². The maximum atomic E-state index is 5.92. The van der Waals surface area contributed by atoms with Crippen molar-refractivity contribution in [2.75, 3.05) is 5.32 Å². The summed E-state index contributed by atoms with van der Waals surface area (Å²) in [4.78, 5) is 10.9. The van der Waals surface area contributed by atoms with E-state index < -0.39 is 0 Å². The summed E-state index contributed by atoms with van der Waals surface area (Å²) in [6, 6.07) is 1.88. The quantitative estimate of drug-likeness (QED) is 0.854. The van der Waals surface area contributed by atoms with E-state index in [4.69, 9.17) is 11.6 Å². The molecule has 2 rings (SSSR count). The zero-order chi connectivity index (χ0) is 10.7. The first-order valence-corrected chi connectivity index (χ1v) is 5.45. The third-order valence-corrected chi connectivity index (χ3v) is 2.56. The number of hydrogen-bond acceptors (Lipinski definition) is 3. The molecule has 0 aliphatic rings. The summed E-state index contributed by atoms with van der Waals surface area (Å²) in [7, 11) is 0. The highest BCUT2D eigenvalue weighted by atomic mass is 79.9. The molecular weight excluding hydrogens is 279 g/mol. The molecule has 2 aromatic rings. The van der Waals surface area contributed by atoms with E-state index >= 15 is 0 Å². The van der Waals surface area contributed by atoms with Crippen LogP contribution in [0.1, 0.15) is 5.69 Å². The Balaban J connectivity index is 2.07.